The first-order valence-corrected chi connectivity index (χ1v) is 36.7. The third-order valence-electron chi connectivity index (χ3n) is 22.1. The van der Waals surface area contributed by atoms with Gasteiger partial charge in [-0.1, -0.05) is 256 Å². The number of hydrogen-bond acceptors (Lipinski definition) is 10. The van der Waals surface area contributed by atoms with E-state index in [0.29, 0.717) is 57.1 Å². The predicted octanol–water partition coefficient (Wildman–Crippen LogP) is 18.1. The normalized spacial score (nSPS) is 17.2. The Kier molecular flexibility index (Phi) is 18.8. The van der Waals surface area contributed by atoms with Crippen LogP contribution in [-0.2, 0) is 52.5 Å². The van der Waals surface area contributed by atoms with E-state index < -0.39 is 22.7 Å². The topological polar surface area (TPSA) is 155 Å². The lowest BCUT2D eigenvalue weighted by Gasteiger charge is -2.37. The van der Waals surface area contributed by atoms with Gasteiger partial charge in [0.2, 0.25) is 0 Å². The Morgan fingerprint density at radius 1 is 0.448 bits per heavy atom. The van der Waals surface area contributed by atoms with E-state index in [9.17, 15) is 9.59 Å². The van der Waals surface area contributed by atoms with Crippen LogP contribution >= 0.6 is 0 Å². The number of fused-ring (bicyclic) bond motifs is 4. The van der Waals surface area contributed by atoms with Crippen molar-refractivity contribution in [3.63, 3.8) is 0 Å². The fourth-order valence-electron chi connectivity index (χ4n) is 16.9. The molecule has 0 unspecified atom stereocenters. The predicted molar refractivity (Wildman–Crippen MR) is 415 cm³/mol. The molecule has 0 radical (unpaired) electrons. The van der Waals surface area contributed by atoms with Gasteiger partial charge in [-0.2, -0.15) is 10.2 Å². The number of ether oxygens (including phenoxy) is 4. The monoisotopic (exact) mass is 1390 g/mol. The number of aromatic nitrogens is 4. The summed E-state index contributed by atoms with van der Waals surface area (Å²) in [5.41, 5.74) is 17.0. The van der Waals surface area contributed by atoms with Crippen molar-refractivity contribution in [2.24, 2.45) is 9.98 Å². The van der Waals surface area contributed by atoms with Gasteiger partial charge in [0.1, 0.15) is 22.5 Å². The molecule has 4 aliphatic heterocycles. The molecule has 2 atom stereocenters. The summed E-state index contributed by atoms with van der Waals surface area (Å²) in [6.07, 6.45) is 8.83. The van der Waals surface area contributed by atoms with Gasteiger partial charge in [-0.15, -0.1) is 0 Å². The second kappa shape index (κ2) is 28.9. The summed E-state index contributed by atoms with van der Waals surface area (Å²) >= 11 is 0. The molecule has 6 heterocycles. The number of nitrogens with zero attached hydrogens (tertiary/aromatic N) is 6. The number of amides is 2. The average molecular weight is 1390 g/mol. The number of carbonyl (C=O) groups excluding carboxylic acids is 2. The van der Waals surface area contributed by atoms with Gasteiger partial charge < -0.3 is 29.6 Å². The van der Waals surface area contributed by atoms with E-state index in [0.717, 1.165) is 144 Å². The molecule has 14 heteroatoms. The molecular weight excluding hydrogens is 1300 g/mol. The molecule has 12 aromatic rings. The number of rotatable bonds is 16. The Labute approximate surface area is 613 Å². The number of hydrogen-bond donors (Lipinski definition) is 2. The first kappa shape index (κ1) is 68.4. The van der Waals surface area contributed by atoms with Crippen molar-refractivity contribution in [1.82, 2.24) is 30.2 Å². The van der Waals surface area contributed by atoms with E-state index in [1.165, 1.54) is 0 Å². The molecule has 2 spiro atoms. The molecule has 2 N–H and O–H groups in total. The van der Waals surface area contributed by atoms with Gasteiger partial charge in [0.15, 0.2) is 11.6 Å². The van der Waals surface area contributed by atoms with Crippen LogP contribution in [0.15, 0.2) is 283 Å². The Bertz CT molecular complexity index is 5010. The Morgan fingerprint density at radius 2 is 0.800 bits per heavy atom. The molecule has 0 bridgehead atoms. The summed E-state index contributed by atoms with van der Waals surface area (Å²) in [7, 11) is 0. The maximum absolute atomic E-state index is 13.7. The summed E-state index contributed by atoms with van der Waals surface area (Å²) in [6, 6.07) is 92.6. The molecule has 2 amide bonds. The molecule has 14 nitrogen and oxygen atoms in total. The minimum absolute atomic E-state index is 0. The van der Waals surface area contributed by atoms with Crippen molar-refractivity contribution in [3.8, 4) is 0 Å². The van der Waals surface area contributed by atoms with E-state index in [4.69, 9.17) is 39.1 Å². The quantitative estimate of drug-likeness (QED) is 0.0906. The highest BCUT2D eigenvalue weighted by Gasteiger charge is 2.47. The molecule has 105 heavy (non-hydrogen) atoms. The third-order valence-corrected chi connectivity index (χ3v) is 22.1. The maximum atomic E-state index is 13.7. The molecule has 3 fully saturated rings. The second-order valence-corrected chi connectivity index (χ2v) is 28.3. The lowest BCUT2D eigenvalue weighted by atomic mass is 9.77. The SMILES string of the molecule is C.C[C@@H](NC(=O)C1=Nc2cc3c(C4=CCC5(CC4)OCCO5)nn(C(c4ccccc4)(c4ccccc4)c4ccccc4)c3cc2C1)c1ccccc1.C[C@@H](NC(=O)C1=Nc2cc3c(C4CCC5(CC4)OCCO5)nn(C(c4ccccc4)(c4ccccc4)c4ccccc4)c3cc2C1)c1ccccc1. The van der Waals surface area contributed by atoms with E-state index in [-0.39, 0.29) is 37.2 Å². The number of aliphatic imine (C=N–C) groups is 2. The zero-order valence-corrected chi connectivity index (χ0v) is 58.5. The highest BCUT2D eigenvalue weighted by atomic mass is 16.7. The number of nitrogens with one attached hydrogen (secondary N) is 2. The maximum Gasteiger partial charge on any atom is 0.266 e. The van der Waals surface area contributed by atoms with Crippen LogP contribution in [0.25, 0.3) is 27.4 Å². The number of benzene rings is 10. The van der Waals surface area contributed by atoms with Gasteiger partial charge in [0.25, 0.3) is 11.8 Å². The summed E-state index contributed by atoms with van der Waals surface area (Å²) < 4.78 is 28.9. The molecule has 10 aromatic carbocycles. The molecule has 526 valence electrons. The fourth-order valence-corrected chi connectivity index (χ4v) is 16.9. The van der Waals surface area contributed by atoms with Crippen molar-refractivity contribution in [3.05, 3.63) is 340 Å². The molecule has 2 saturated heterocycles. The zero-order chi connectivity index (χ0) is 70.2. The highest BCUT2D eigenvalue weighted by Crippen LogP contribution is 2.51. The Balaban J connectivity index is 0.000000160. The molecular formula is C91H86N8O6. The zero-order valence-electron chi connectivity index (χ0n) is 58.5. The molecule has 6 aliphatic rings. The molecule has 2 aromatic heterocycles. The Morgan fingerprint density at radius 3 is 1.18 bits per heavy atom. The van der Waals surface area contributed by atoms with Crippen molar-refractivity contribution in [2.75, 3.05) is 26.4 Å². The van der Waals surface area contributed by atoms with Crippen LogP contribution < -0.4 is 10.6 Å². The highest BCUT2D eigenvalue weighted by molar-refractivity contribution is 6.41. The smallest absolute Gasteiger partial charge is 0.266 e. The van der Waals surface area contributed by atoms with Crippen molar-refractivity contribution < 1.29 is 28.5 Å². The third kappa shape index (κ3) is 12.6. The summed E-state index contributed by atoms with van der Waals surface area (Å²) in [6.45, 7) is 6.57. The summed E-state index contributed by atoms with van der Waals surface area (Å²) in [5.74, 6) is -1.10. The van der Waals surface area contributed by atoms with Gasteiger partial charge in [-0.05, 0) is 119 Å². The van der Waals surface area contributed by atoms with E-state index in [1.807, 2.05) is 74.5 Å². The van der Waals surface area contributed by atoms with Crippen LogP contribution in [0, 0.1) is 0 Å². The van der Waals surface area contributed by atoms with Crippen LogP contribution in [0.5, 0.6) is 0 Å². The minimum atomic E-state index is -0.812. The fraction of sp³-hybridized carbons (Fsp3) is 0.253. The number of allylic oxidation sites excluding steroid dienone is 1. The molecule has 1 saturated carbocycles. The number of carbonyl (C=O) groups is 2. The largest absolute Gasteiger partial charge is 0.348 e. The van der Waals surface area contributed by atoms with Gasteiger partial charge >= 0.3 is 0 Å². The first-order valence-electron chi connectivity index (χ1n) is 36.7. The lowest BCUT2D eigenvalue weighted by Crippen LogP contribution is -2.39. The average Bonchev–Trinajstić information content (AvgIpc) is 1.62. The molecule has 2 aliphatic carbocycles. The summed E-state index contributed by atoms with van der Waals surface area (Å²) in [4.78, 5) is 37.2. The van der Waals surface area contributed by atoms with Crippen LogP contribution in [0.3, 0.4) is 0 Å². The van der Waals surface area contributed by atoms with Crippen LogP contribution in [0.1, 0.15) is 151 Å². The van der Waals surface area contributed by atoms with Gasteiger partial charge in [-0.25, -0.2) is 19.3 Å². The standard InChI is InChI=1S/C45H42N4O3.C45H40N4O3.CH4/c2*1-31(32-14-6-2-7-15-32)46-43(50)40-28-34-29-41-38(30-39(34)47-40)42(33-22-24-44(25-23-33)51-26-27-52-44)48-49(41)45(35-16-8-3-9-17-35,36-18-10-4-11-19-36)37-20-12-5-13-21-37;/h2-21,29-31,33H,22-28H2,1H3,(H,46,50);2-22,29-31H,23-28H2,1H3,(H,46,50);1H4/t2*31-;/m11./s1. The van der Waals surface area contributed by atoms with E-state index in [1.54, 1.807) is 0 Å². The Hall–Kier alpha value is -11.0. The summed E-state index contributed by atoms with van der Waals surface area (Å²) in [5, 5.41) is 19.8. The van der Waals surface area contributed by atoms with E-state index >= 15 is 0 Å². The minimum Gasteiger partial charge on any atom is -0.348 e. The van der Waals surface area contributed by atoms with E-state index in [2.05, 4.69) is 232 Å². The lowest BCUT2D eigenvalue weighted by molar-refractivity contribution is -0.178. The van der Waals surface area contributed by atoms with Crippen molar-refractivity contribution >= 4 is 62.0 Å². The van der Waals surface area contributed by atoms with Gasteiger partial charge in [0.05, 0.1) is 72.3 Å². The van der Waals surface area contributed by atoms with Gasteiger partial charge in [-0.3, -0.25) is 9.59 Å². The van der Waals surface area contributed by atoms with Gasteiger partial charge in [0, 0.05) is 55.2 Å². The van der Waals surface area contributed by atoms with Crippen LogP contribution in [-0.4, -0.2) is 80.8 Å². The molecule has 18 rings (SSSR count). The van der Waals surface area contributed by atoms with Crippen molar-refractivity contribution in [2.45, 2.75) is 120 Å². The van der Waals surface area contributed by atoms with Crippen LogP contribution in [0.4, 0.5) is 11.4 Å². The van der Waals surface area contributed by atoms with Crippen LogP contribution in [0.2, 0.25) is 0 Å². The second-order valence-electron chi connectivity index (χ2n) is 28.3. The first-order chi connectivity index (χ1) is 51.1. The van der Waals surface area contributed by atoms with Crippen molar-refractivity contribution in [1.29, 1.82) is 0 Å².